The summed E-state index contributed by atoms with van der Waals surface area (Å²) in [5.74, 6) is 1.70. The van der Waals surface area contributed by atoms with Crippen molar-refractivity contribution in [2.24, 2.45) is 5.73 Å². The van der Waals surface area contributed by atoms with E-state index in [2.05, 4.69) is 29.2 Å². The third-order valence-electron chi connectivity index (χ3n) is 2.87. The molecular weight excluding hydrogens is 254 g/mol. The molecule has 20 heavy (non-hydrogen) atoms. The molecule has 0 aliphatic rings. The first-order valence-corrected chi connectivity index (χ1v) is 6.82. The van der Waals surface area contributed by atoms with Crippen LogP contribution in [0.1, 0.15) is 44.5 Å². The molecule has 1 aromatic carbocycles. The van der Waals surface area contributed by atoms with Crippen molar-refractivity contribution in [3.05, 3.63) is 41.5 Å². The summed E-state index contributed by atoms with van der Waals surface area (Å²) < 4.78 is 10.7. The molecule has 0 bridgehead atoms. The number of benzene rings is 1. The molecule has 2 N–H and O–H groups in total. The molecule has 1 aromatic heterocycles. The Morgan fingerprint density at radius 3 is 2.50 bits per heavy atom. The van der Waals surface area contributed by atoms with Gasteiger partial charge in [0.05, 0.1) is 5.54 Å². The van der Waals surface area contributed by atoms with Gasteiger partial charge in [0.25, 0.3) is 5.89 Å². The number of hydrogen-bond donors (Lipinski definition) is 1. The van der Waals surface area contributed by atoms with Gasteiger partial charge in [0.15, 0.2) is 12.4 Å². The van der Waals surface area contributed by atoms with Crippen LogP contribution in [0.4, 0.5) is 0 Å². The molecule has 0 saturated carbocycles. The number of aromatic nitrogens is 2. The Morgan fingerprint density at radius 2 is 1.95 bits per heavy atom. The highest BCUT2D eigenvalue weighted by molar-refractivity contribution is 5.27. The third-order valence-corrected chi connectivity index (χ3v) is 2.87. The van der Waals surface area contributed by atoms with Crippen LogP contribution >= 0.6 is 0 Å². The third kappa shape index (κ3) is 3.81. The molecule has 2 rings (SSSR count). The van der Waals surface area contributed by atoms with E-state index in [0.717, 1.165) is 18.6 Å². The number of ether oxygens (including phenoxy) is 1. The predicted octanol–water partition coefficient (Wildman–Crippen LogP) is 2.79. The van der Waals surface area contributed by atoms with Gasteiger partial charge in [-0.05, 0) is 38.0 Å². The van der Waals surface area contributed by atoms with Crippen molar-refractivity contribution in [3.63, 3.8) is 0 Å². The predicted molar refractivity (Wildman–Crippen MR) is 76.3 cm³/mol. The van der Waals surface area contributed by atoms with Crippen molar-refractivity contribution in [2.75, 3.05) is 0 Å². The summed E-state index contributed by atoms with van der Waals surface area (Å²) in [6.07, 6.45) is 2.22. The molecule has 0 atom stereocenters. The number of aryl methyl sites for hydroxylation is 1. The van der Waals surface area contributed by atoms with E-state index in [-0.39, 0.29) is 6.61 Å². The van der Waals surface area contributed by atoms with E-state index < -0.39 is 5.54 Å². The topological polar surface area (TPSA) is 74.2 Å². The maximum absolute atomic E-state index is 5.90. The standard InChI is InChI=1S/C15H21N3O2/c1-4-5-11-6-8-12(9-7-11)19-10-13-17-14(18-20-13)15(2,3)16/h6-9H,4-5,10,16H2,1-3H3. The molecule has 5 nitrogen and oxygen atoms in total. The normalized spacial score (nSPS) is 11.6. The fourth-order valence-corrected chi connectivity index (χ4v) is 1.76. The van der Waals surface area contributed by atoms with Gasteiger partial charge in [0, 0.05) is 0 Å². The first-order chi connectivity index (χ1) is 9.49. The lowest BCUT2D eigenvalue weighted by Crippen LogP contribution is -2.30. The van der Waals surface area contributed by atoms with Gasteiger partial charge in [-0.2, -0.15) is 4.98 Å². The zero-order chi connectivity index (χ0) is 14.6. The van der Waals surface area contributed by atoms with E-state index in [4.69, 9.17) is 15.0 Å². The Bertz CT molecular complexity index is 541. The van der Waals surface area contributed by atoms with E-state index in [0.29, 0.717) is 11.7 Å². The molecule has 0 saturated heterocycles. The minimum atomic E-state index is -0.608. The van der Waals surface area contributed by atoms with Crippen LogP contribution in [-0.4, -0.2) is 10.1 Å². The van der Waals surface area contributed by atoms with E-state index in [1.165, 1.54) is 5.56 Å². The molecule has 5 heteroatoms. The number of nitrogens with zero attached hydrogens (tertiary/aromatic N) is 2. The fraction of sp³-hybridized carbons (Fsp3) is 0.467. The average Bonchev–Trinajstić information content (AvgIpc) is 2.87. The SMILES string of the molecule is CCCc1ccc(OCc2nc(C(C)(C)N)no2)cc1. The highest BCUT2D eigenvalue weighted by atomic mass is 16.5. The molecule has 0 unspecified atom stereocenters. The first kappa shape index (κ1) is 14.5. The second-order valence-electron chi connectivity index (χ2n) is 5.42. The summed E-state index contributed by atoms with van der Waals surface area (Å²) in [4.78, 5) is 4.22. The van der Waals surface area contributed by atoms with E-state index >= 15 is 0 Å². The molecule has 0 fully saturated rings. The zero-order valence-electron chi connectivity index (χ0n) is 12.2. The maximum Gasteiger partial charge on any atom is 0.264 e. The van der Waals surface area contributed by atoms with Gasteiger partial charge in [0.1, 0.15) is 5.75 Å². The molecule has 2 aromatic rings. The van der Waals surface area contributed by atoms with Gasteiger partial charge in [-0.1, -0.05) is 30.6 Å². The minimum absolute atomic E-state index is 0.246. The zero-order valence-corrected chi connectivity index (χ0v) is 12.2. The van der Waals surface area contributed by atoms with Crippen LogP contribution in [0, 0.1) is 0 Å². The van der Waals surface area contributed by atoms with Crippen LogP contribution in [0.25, 0.3) is 0 Å². The summed E-state index contributed by atoms with van der Waals surface area (Å²) in [7, 11) is 0. The highest BCUT2D eigenvalue weighted by Gasteiger charge is 2.21. The largest absolute Gasteiger partial charge is 0.484 e. The Hall–Kier alpha value is -1.88. The van der Waals surface area contributed by atoms with Crippen molar-refractivity contribution in [1.82, 2.24) is 10.1 Å². The average molecular weight is 275 g/mol. The second-order valence-corrected chi connectivity index (χ2v) is 5.42. The fourth-order valence-electron chi connectivity index (χ4n) is 1.76. The van der Waals surface area contributed by atoms with E-state index in [1.807, 2.05) is 26.0 Å². The number of hydrogen-bond acceptors (Lipinski definition) is 5. The van der Waals surface area contributed by atoms with Crippen molar-refractivity contribution in [3.8, 4) is 5.75 Å². The van der Waals surface area contributed by atoms with Gasteiger partial charge >= 0.3 is 0 Å². The Morgan fingerprint density at radius 1 is 1.25 bits per heavy atom. The van der Waals surface area contributed by atoms with Crippen LogP contribution in [0.15, 0.2) is 28.8 Å². The van der Waals surface area contributed by atoms with Crippen LogP contribution in [0.3, 0.4) is 0 Å². The lowest BCUT2D eigenvalue weighted by atomic mass is 10.1. The van der Waals surface area contributed by atoms with Crippen molar-refractivity contribution < 1.29 is 9.26 Å². The summed E-state index contributed by atoms with van der Waals surface area (Å²) in [6, 6.07) is 8.05. The minimum Gasteiger partial charge on any atom is -0.484 e. The summed E-state index contributed by atoms with van der Waals surface area (Å²) in [6.45, 7) is 6.07. The maximum atomic E-state index is 5.90. The molecule has 108 valence electrons. The van der Waals surface area contributed by atoms with Gasteiger partial charge in [-0.15, -0.1) is 0 Å². The summed E-state index contributed by atoms with van der Waals surface area (Å²) in [5, 5.41) is 3.85. The van der Waals surface area contributed by atoms with Crippen LogP contribution in [0.2, 0.25) is 0 Å². The van der Waals surface area contributed by atoms with E-state index in [1.54, 1.807) is 0 Å². The van der Waals surface area contributed by atoms with Gasteiger partial charge in [0.2, 0.25) is 0 Å². The monoisotopic (exact) mass is 275 g/mol. The lowest BCUT2D eigenvalue weighted by molar-refractivity contribution is 0.242. The van der Waals surface area contributed by atoms with Crippen LogP contribution in [-0.2, 0) is 18.6 Å². The van der Waals surface area contributed by atoms with Gasteiger partial charge in [-0.25, -0.2) is 0 Å². The first-order valence-electron chi connectivity index (χ1n) is 6.82. The molecule has 0 spiro atoms. The molecule has 0 aliphatic heterocycles. The van der Waals surface area contributed by atoms with Crippen LogP contribution in [0.5, 0.6) is 5.75 Å². The molecule has 0 radical (unpaired) electrons. The Labute approximate surface area is 119 Å². The van der Waals surface area contributed by atoms with Crippen molar-refractivity contribution >= 4 is 0 Å². The van der Waals surface area contributed by atoms with Crippen LogP contribution < -0.4 is 10.5 Å². The highest BCUT2D eigenvalue weighted by Crippen LogP contribution is 2.16. The van der Waals surface area contributed by atoms with E-state index in [9.17, 15) is 0 Å². The van der Waals surface area contributed by atoms with Gasteiger partial charge < -0.3 is 15.0 Å². The number of rotatable bonds is 6. The summed E-state index contributed by atoms with van der Waals surface area (Å²) in [5.41, 5.74) is 6.60. The molecular formula is C15H21N3O2. The quantitative estimate of drug-likeness (QED) is 0.877. The smallest absolute Gasteiger partial charge is 0.264 e. The van der Waals surface area contributed by atoms with Crippen molar-refractivity contribution in [2.45, 2.75) is 45.8 Å². The molecule has 1 heterocycles. The number of nitrogens with two attached hydrogens (primary N) is 1. The van der Waals surface area contributed by atoms with Crippen molar-refractivity contribution in [1.29, 1.82) is 0 Å². The summed E-state index contributed by atoms with van der Waals surface area (Å²) >= 11 is 0. The molecule has 0 aliphatic carbocycles. The lowest BCUT2D eigenvalue weighted by Gasteiger charge is -2.11. The molecule has 0 amide bonds. The van der Waals surface area contributed by atoms with Gasteiger partial charge in [-0.3, -0.25) is 0 Å². The Kier molecular flexibility index (Phi) is 4.39. The Balaban J connectivity index is 1.93. The second kappa shape index (κ2) is 6.05.